The Morgan fingerprint density at radius 3 is 2.56 bits per heavy atom. The second kappa shape index (κ2) is 9.84. The molecule has 2 aromatic carbocycles. The number of aromatic nitrogens is 1. The molecule has 0 N–H and O–H groups in total. The van der Waals surface area contributed by atoms with Crippen LogP contribution in [0.2, 0.25) is 10.0 Å². The molecular weight excluding hydrogens is 503 g/mol. The van der Waals surface area contributed by atoms with Crippen molar-refractivity contribution in [3.63, 3.8) is 0 Å². The van der Waals surface area contributed by atoms with Gasteiger partial charge in [-0.1, -0.05) is 42.6 Å². The summed E-state index contributed by atoms with van der Waals surface area (Å²) in [6.45, 7) is 2.63. The van der Waals surface area contributed by atoms with E-state index >= 15 is 0 Å². The quantitative estimate of drug-likeness (QED) is 0.259. The van der Waals surface area contributed by atoms with E-state index in [-0.39, 0.29) is 27.7 Å². The van der Waals surface area contributed by atoms with Crippen LogP contribution in [0.5, 0.6) is 11.5 Å². The maximum Gasteiger partial charge on any atom is 0.296 e. The highest BCUT2D eigenvalue weighted by Crippen LogP contribution is 2.43. The van der Waals surface area contributed by atoms with Gasteiger partial charge in [0.25, 0.3) is 5.91 Å². The van der Waals surface area contributed by atoms with E-state index in [9.17, 15) is 9.59 Å². The van der Waals surface area contributed by atoms with E-state index < -0.39 is 11.9 Å². The smallest absolute Gasteiger partial charge is 0.296 e. The predicted octanol–water partition coefficient (Wildman–Crippen LogP) is 6.43. The first kappa shape index (κ1) is 24.2. The SMILES string of the molecule is CCCCOc1ccc(C2c3c(oc4ccc(Cl)cc4c3=O)C(=O)N2c2ccc(Cl)cn2)cc1OC. The molecule has 4 aromatic rings. The maximum absolute atomic E-state index is 13.7. The maximum atomic E-state index is 13.7. The van der Waals surface area contributed by atoms with E-state index in [4.69, 9.17) is 37.1 Å². The van der Waals surface area contributed by atoms with Crippen LogP contribution in [-0.4, -0.2) is 24.6 Å². The zero-order valence-electron chi connectivity index (χ0n) is 19.6. The van der Waals surface area contributed by atoms with E-state index in [1.165, 1.54) is 11.1 Å². The predicted molar refractivity (Wildman–Crippen MR) is 139 cm³/mol. The van der Waals surface area contributed by atoms with Crippen LogP contribution in [0.25, 0.3) is 11.0 Å². The number of benzene rings is 2. The van der Waals surface area contributed by atoms with Crippen molar-refractivity contribution in [2.75, 3.05) is 18.6 Å². The van der Waals surface area contributed by atoms with E-state index in [0.717, 1.165) is 12.8 Å². The minimum Gasteiger partial charge on any atom is -0.493 e. The van der Waals surface area contributed by atoms with Crippen molar-refractivity contribution in [3.8, 4) is 11.5 Å². The van der Waals surface area contributed by atoms with Crippen molar-refractivity contribution in [1.82, 2.24) is 4.98 Å². The minimum absolute atomic E-state index is 0.0428. The second-order valence-corrected chi connectivity index (χ2v) is 9.21. The molecule has 9 heteroatoms. The van der Waals surface area contributed by atoms with E-state index in [0.29, 0.717) is 39.5 Å². The molecule has 1 amide bonds. The Balaban J connectivity index is 1.71. The molecule has 7 nitrogen and oxygen atoms in total. The van der Waals surface area contributed by atoms with E-state index in [1.54, 1.807) is 55.6 Å². The number of carbonyl (C=O) groups is 1. The first-order chi connectivity index (χ1) is 17.4. The molecule has 1 aliphatic rings. The Morgan fingerprint density at radius 1 is 1.03 bits per heavy atom. The lowest BCUT2D eigenvalue weighted by molar-refractivity contribution is 0.0970. The summed E-state index contributed by atoms with van der Waals surface area (Å²) in [5, 5.41) is 1.10. The zero-order chi connectivity index (χ0) is 25.4. The molecule has 0 bridgehead atoms. The van der Waals surface area contributed by atoms with Gasteiger partial charge in [-0.15, -0.1) is 0 Å². The average Bonchev–Trinajstić information content (AvgIpc) is 3.17. The molecule has 0 fully saturated rings. The van der Waals surface area contributed by atoms with Crippen LogP contribution < -0.4 is 19.8 Å². The average molecular weight is 525 g/mol. The molecule has 1 aliphatic heterocycles. The molecule has 1 atom stereocenters. The highest BCUT2D eigenvalue weighted by molar-refractivity contribution is 6.31. The highest BCUT2D eigenvalue weighted by Gasteiger charge is 2.44. The van der Waals surface area contributed by atoms with Crippen molar-refractivity contribution in [2.24, 2.45) is 0 Å². The molecule has 0 aliphatic carbocycles. The first-order valence-corrected chi connectivity index (χ1v) is 12.2. The van der Waals surface area contributed by atoms with Gasteiger partial charge in [-0.25, -0.2) is 4.98 Å². The number of methoxy groups -OCH3 is 1. The van der Waals surface area contributed by atoms with Crippen LogP contribution in [0, 0.1) is 0 Å². The molecule has 0 spiro atoms. The molecule has 0 saturated heterocycles. The van der Waals surface area contributed by atoms with Crippen molar-refractivity contribution < 1.29 is 18.7 Å². The lowest BCUT2D eigenvalue weighted by Gasteiger charge is -2.25. The number of halogens is 2. The lowest BCUT2D eigenvalue weighted by Crippen LogP contribution is -2.30. The number of ether oxygens (including phenoxy) is 2. The molecule has 0 radical (unpaired) electrons. The van der Waals surface area contributed by atoms with Crippen LogP contribution in [0.15, 0.2) is 63.9 Å². The molecular formula is C27H22Cl2N2O5. The normalized spacial score (nSPS) is 14.8. The van der Waals surface area contributed by atoms with Gasteiger partial charge < -0.3 is 13.9 Å². The Labute approximate surface area is 217 Å². The fourth-order valence-corrected chi connectivity index (χ4v) is 4.59. The van der Waals surface area contributed by atoms with Gasteiger partial charge >= 0.3 is 0 Å². The molecule has 184 valence electrons. The molecule has 5 rings (SSSR count). The third-order valence-corrected chi connectivity index (χ3v) is 6.51. The lowest BCUT2D eigenvalue weighted by atomic mass is 9.98. The summed E-state index contributed by atoms with van der Waals surface area (Å²) in [4.78, 5) is 33.2. The Morgan fingerprint density at radius 2 is 1.83 bits per heavy atom. The number of unbranched alkanes of at least 4 members (excludes halogenated alkanes) is 1. The first-order valence-electron chi connectivity index (χ1n) is 11.4. The van der Waals surface area contributed by atoms with Gasteiger partial charge in [0.1, 0.15) is 11.4 Å². The Hall–Kier alpha value is -3.55. The van der Waals surface area contributed by atoms with Crippen molar-refractivity contribution in [2.45, 2.75) is 25.8 Å². The van der Waals surface area contributed by atoms with Gasteiger partial charge in [-0.3, -0.25) is 14.5 Å². The fourth-order valence-electron chi connectivity index (χ4n) is 4.31. The van der Waals surface area contributed by atoms with E-state index in [2.05, 4.69) is 11.9 Å². The summed E-state index contributed by atoms with van der Waals surface area (Å²) < 4.78 is 17.4. The molecule has 2 aromatic heterocycles. The second-order valence-electron chi connectivity index (χ2n) is 8.34. The monoisotopic (exact) mass is 524 g/mol. The van der Waals surface area contributed by atoms with Crippen LogP contribution in [0.4, 0.5) is 5.82 Å². The molecule has 3 heterocycles. The number of amides is 1. The Kier molecular flexibility index (Phi) is 6.60. The van der Waals surface area contributed by atoms with Gasteiger partial charge in [0.2, 0.25) is 5.76 Å². The summed E-state index contributed by atoms with van der Waals surface area (Å²) in [6.07, 6.45) is 3.35. The number of rotatable bonds is 7. The largest absolute Gasteiger partial charge is 0.493 e. The Bertz CT molecular complexity index is 1520. The van der Waals surface area contributed by atoms with Gasteiger partial charge in [-0.2, -0.15) is 0 Å². The van der Waals surface area contributed by atoms with Crippen LogP contribution in [-0.2, 0) is 0 Å². The fraction of sp³-hybridized carbons (Fsp3) is 0.222. The summed E-state index contributed by atoms with van der Waals surface area (Å²) >= 11 is 12.2. The minimum atomic E-state index is -0.820. The van der Waals surface area contributed by atoms with Crippen molar-refractivity contribution in [1.29, 1.82) is 0 Å². The van der Waals surface area contributed by atoms with Crippen LogP contribution >= 0.6 is 23.2 Å². The van der Waals surface area contributed by atoms with E-state index in [1.807, 2.05) is 0 Å². The number of hydrogen-bond acceptors (Lipinski definition) is 6. The number of anilines is 1. The number of pyridine rings is 1. The van der Waals surface area contributed by atoms with Gasteiger partial charge in [-0.05, 0) is 54.4 Å². The highest BCUT2D eigenvalue weighted by atomic mass is 35.5. The molecule has 1 unspecified atom stereocenters. The summed E-state index contributed by atoms with van der Waals surface area (Å²) in [5.74, 6) is 0.860. The molecule has 36 heavy (non-hydrogen) atoms. The summed E-state index contributed by atoms with van der Waals surface area (Å²) in [5.41, 5.74) is 0.768. The van der Waals surface area contributed by atoms with Crippen LogP contribution in [0.3, 0.4) is 0 Å². The standard InChI is InChI=1S/C27H22Cl2N2O5/c1-3-4-11-35-20-8-5-15(12-21(20)34-2)24-23-25(32)18-13-16(28)6-9-19(18)36-26(23)27(33)31(24)22-10-7-17(29)14-30-22/h5-10,12-14,24H,3-4,11H2,1-2H3. The number of nitrogens with zero attached hydrogens (tertiary/aromatic N) is 2. The van der Waals surface area contributed by atoms with Crippen molar-refractivity contribution in [3.05, 3.63) is 91.9 Å². The zero-order valence-corrected chi connectivity index (χ0v) is 21.1. The van der Waals surface area contributed by atoms with Gasteiger partial charge in [0, 0.05) is 11.2 Å². The summed E-state index contributed by atoms with van der Waals surface area (Å²) in [7, 11) is 1.54. The van der Waals surface area contributed by atoms with Crippen LogP contribution in [0.1, 0.15) is 47.5 Å². The number of hydrogen-bond donors (Lipinski definition) is 0. The number of carbonyl (C=O) groups excluding carboxylic acids is 1. The summed E-state index contributed by atoms with van der Waals surface area (Å²) in [6, 6.07) is 12.5. The number of fused-ring (bicyclic) bond motifs is 2. The van der Waals surface area contributed by atoms with Crippen molar-refractivity contribution >= 4 is 45.9 Å². The van der Waals surface area contributed by atoms with Gasteiger partial charge in [0.05, 0.1) is 35.7 Å². The van der Waals surface area contributed by atoms with Gasteiger partial charge in [0.15, 0.2) is 16.9 Å². The topological polar surface area (TPSA) is 81.9 Å². The molecule has 0 saturated carbocycles. The third kappa shape index (κ3) is 4.18. The third-order valence-electron chi connectivity index (χ3n) is 6.05.